The lowest BCUT2D eigenvalue weighted by molar-refractivity contribution is 0.602. The molecule has 16 heavy (non-hydrogen) atoms. The highest BCUT2D eigenvalue weighted by Gasteiger charge is 2.16. The Labute approximate surface area is 96.1 Å². The molecule has 0 atom stereocenters. The van der Waals surface area contributed by atoms with Gasteiger partial charge in [0.25, 0.3) is 14.2 Å². The number of hydrogen-bond donors (Lipinski definition) is 1. The highest BCUT2D eigenvalue weighted by atomic mass is 35.7. The van der Waals surface area contributed by atoms with Crippen LogP contribution >= 0.6 is 10.7 Å². The van der Waals surface area contributed by atoms with E-state index in [9.17, 15) is 8.42 Å². The van der Waals surface area contributed by atoms with Gasteiger partial charge in [0, 0.05) is 29.5 Å². The minimum absolute atomic E-state index is 0.409. The van der Waals surface area contributed by atoms with Gasteiger partial charge in [-0.25, -0.2) is 13.4 Å². The van der Waals surface area contributed by atoms with E-state index in [2.05, 4.69) is 20.2 Å². The maximum Gasteiger partial charge on any atom is 0.298 e. The molecule has 2 aromatic heterocycles. The Morgan fingerprint density at radius 1 is 1.44 bits per heavy atom. The van der Waals surface area contributed by atoms with Crippen molar-refractivity contribution < 1.29 is 8.42 Å². The summed E-state index contributed by atoms with van der Waals surface area (Å²) >= 11 is 0. The van der Waals surface area contributed by atoms with Gasteiger partial charge in [-0.15, -0.1) is 5.10 Å². The topological polar surface area (TPSA) is 88.6 Å². The van der Waals surface area contributed by atoms with Crippen LogP contribution in [0.2, 0.25) is 0 Å². The minimum Gasteiger partial charge on any atom is -0.264 e. The number of nitrogens with zero attached hydrogens (tertiary/aromatic N) is 3. The van der Waals surface area contributed by atoms with Crippen LogP contribution in [0.4, 0.5) is 0 Å². The quantitative estimate of drug-likeness (QED) is 0.820. The van der Waals surface area contributed by atoms with E-state index in [-0.39, 0.29) is 0 Å². The van der Waals surface area contributed by atoms with Gasteiger partial charge in [-0.05, 0) is 11.6 Å². The highest BCUT2D eigenvalue weighted by Crippen LogP contribution is 2.10. The van der Waals surface area contributed by atoms with Crippen molar-refractivity contribution in [3.8, 4) is 0 Å². The maximum atomic E-state index is 10.9. The van der Waals surface area contributed by atoms with Crippen molar-refractivity contribution in [2.24, 2.45) is 0 Å². The van der Waals surface area contributed by atoms with Crippen LogP contribution in [0.1, 0.15) is 11.4 Å². The minimum atomic E-state index is -3.87. The molecular formula is C8H7ClN4O2S. The number of aromatic amines is 1. The summed E-state index contributed by atoms with van der Waals surface area (Å²) in [5.41, 5.74) is 0.900. The summed E-state index contributed by atoms with van der Waals surface area (Å²) in [5.74, 6) is 0.423. The second-order valence-corrected chi connectivity index (χ2v) is 5.50. The predicted molar refractivity (Wildman–Crippen MR) is 56.5 cm³/mol. The lowest BCUT2D eigenvalue weighted by Gasteiger charge is -1.94. The van der Waals surface area contributed by atoms with Crippen LogP contribution in [-0.2, 0) is 15.5 Å². The third kappa shape index (κ3) is 2.56. The van der Waals surface area contributed by atoms with Crippen molar-refractivity contribution in [1.82, 2.24) is 20.2 Å². The van der Waals surface area contributed by atoms with Gasteiger partial charge < -0.3 is 0 Å². The molecule has 0 aliphatic heterocycles. The molecule has 0 bridgehead atoms. The first-order chi connectivity index (χ1) is 7.55. The molecule has 2 rings (SSSR count). The zero-order chi connectivity index (χ0) is 11.6. The summed E-state index contributed by atoms with van der Waals surface area (Å²) in [6.45, 7) is 0. The first-order valence-corrected chi connectivity index (χ1v) is 6.61. The van der Waals surface area contributed by atoms with Gasteiger partial charge >= 0.3 is 0 Å². The fraction of sp³-hybridized carbons (Fsp3) is 0.125. The van der Waals surface area contributed by atoms with E-state index in [0.29, 0.717) is 12.2 Å². The SMILES string of the molecule is O=S(=O)(Cl)c1n[nH]c(Cc2cccnc2)n1. The molecule has 2 aromatic rings. The third-order valence-corrected chi connectivity index (χ3v) is 2.86. The van der Waals surface area contributed by atoms with Gasteiger partial charge in [0.15, 0.2) is 0 Å². The molecule has 0 spiro atoms. The monoisotopic (exact) mass is 258 g/mol. The van der Waals surface area contributed by atoms with Gasteiger partial charge in [0.2, 0.25) is 0 Å². The number of halogens is 1. The molecule has 1 N–H and O–H groups in total. The zero-order valence-corrected chi connectivity index (χ0v) is 9.53. The third-order valence-electron chi connectivity index (χ3n) is 1.82. The van der Waals surface area contributed by atoms with Crippen molar-refractivity contribution in [2.75, 3.05) is 0 Å². The van der Waals surface area contributed by atoms with Gasteiger partial charge in [-0.2, -0.15) is 0 Å². The Bertz CT molecular complexity index is 581. The standard InChI is InChI=1S/C8H7ClN4O2S/c9-16(14,15)8-11-7(12-13-8)4-6-2-1-3-10-5-6/h1-3,5H,4H2,(H,11,12,13). The molecule has 0 fully saturated rings. The van der Waals surface area contributed by atoms with E-state index < -0.39 is 14.2 Å². The van der Waals surface area contributed by atoms with Crippen LogP contribution < -0.4 is 0 Å². The van der Waals surface area contributed by atoms with E-state index in [0.717, 1.165) is 5.56 Å². The van der Waals surface area contributed by atoms with Gasteiger partial charge in [0.1, 0.15) is 5.82 Å². The van der Waals surface area contributed by atoms with Gasteiger partial charge in [-0.3, -0.25) is 10.1 Å². The van der Waals surface area contributed by atoms with Gasteiger partial charge in [-0.1, -0.05) is 6.07 Å². The van der Waals surface area contributed by atoms with Crippen molar-refractivity contribution in [1.29, 1.82) is 0 Å². The molecule has 84 valence electrons. The molecule has 0 radical (unpaired) electrons. The molecule has 0 saturated heterocycles. The van der Waals surface area contributed by atoms with Crippen LogP contribution in [-0.4, -0.2) is 28.6 Å². The second-order valence-electron chi connectivity index (χ2n) is 3.04. The Hall–Kier alpha value is -1.47. The van der Waals surface area contributed by atoms with Gasteiger partial charge in [0.05, 0.1) is 0 Å². The summed E-state index contributed by atoms with van der Waals surface area (Å²) in [7, 11) is 1.22. The average molecular weight is 259 g/mol. The van der Waals surface area contributed by atoms with E-state index in [1.165, 1.54) is 0 Å². The number of nitrogens with one attached hydrogen (secondary N) is 1. The lowest BCUT2D eigenvalue weighted by Crippen LogP contribution is -1.94. The molecule has 0 unspecified atom stereocenters. The molecule has 0 amide bonds. The first-order valence-electron chi connectivity index (χ1n) is 4.30. The van der Waals surface area contributed by atoms with Crippen LogP contribution in [0.25, 0.3) is 0 Å². The number of aromatic nitrogens is 4. The zero-order valence-electron chi connectivity index (χ0n) is 7.96. The summed E-state index contributed by atoms with van der Waals surface area (Å²) in [6, 6.07) is 3.63. The lowest BCUT2D eigenvalue weighted by atomic mass is 10.2. The van der Waals surface area contributed by atoms with Crippen molar-refractivity contribution >= 4 is 19.7 Å². The summed E-state index contributed by atoms with van der Waals surface area (Å²) in [5, 5.41) is 5.61. The number of pyridine rings is 1. The van der Waals surface area contributed by atoms with E-state index >= 15 is 0 Å². The van der Waals surface area contributed by atoms with Crippen molar-refractivity contribution in [3.05, 3.63) is 35.9 Å². The van der Waals surface area contributed by atoms with Crippen LogP contribution in [0.15, 0.2) is 29.7 Å². The maximum absolute atomic E-state index is 10.9. The molecular weight excluding hydrogens is 252 g/mol. The molecule has 0 aromatic carbocycles. The van der Waals surface area contributed by atoms with Crippen LogP contribution in [0.5, 0.6) is 0 Å². The number of rotatable bonds is 3. The molecule has 0 aliphatic rings. The Balaban J connectivity index is 2.22. The summed E-state index contributed by atoms with van der Waals surface area (Å²) in [4.78, 5) is 7.69. The summed E-state index contributed by atoms with van der Waals surface area (Å²) in [6.07, 6.45) is 3.74. The van der Waals surface area contributed by atoms with Crippen molar-refractivity contribution in [3.63, 3.8) is 0 Å². The Kier molecular flexibility index (Phi) is 2.88. The molecule has 0 aliphatic carbocycles. The largest absolute Gasteiger partial charge is 0.298 e. The molecule has 6 nitrogen and oxygen atoms in total. The smallest absolute Gasteiger partial charge is 0.264 e. The fourth-order valence-electron chi connectivity index (χ4n) is 1.16. The number of hydrogen-bond acceptors (Lipinski definition) is 5. The molecule has 0 saturated carbocycles. The fourth-order valence-corrected chi connectivity index (χ4v) is 1.74. The predicted octanol–water partition coefficient (Wildman–Crippen LogP) is 0.718. The highest BCUT2D eigenvalue weighted by molar-refractivity contribution is 8.13. The Morgan fingerprint density at radius 3 is 2.81 bits per heavy atom. The normalized spacial score (nSPS) is 11.6. The van der Waals surface area contributed by atoms with Crippen LogP contribution in [0.3, 0.4) is 0 Å². The summed E-state index contributed by atoms with van der Waals surface area (Å²) < 4.78 is 21.8. The Morgan fingerprint density at radius 2 is 2.25 bits per heavy atom. The van der Waals surface area contributed by atoms with E-state index in [1.54, 1.807) is 18.5 Å². The molecule has 8 heteroatoms. The van der Waals surface area contributed by atoms with E-state index in [1.807, 2.05) is 6.07 Å². The second kappa shape index (κ2) is 4.18. The van der Waals surface area contributed by atoms with E-state index in [4.69, 9.17) is 10.7 Å². The van der Waals surface area contributed by atoms with Crippen LogP contribution in [0, 0.1) is 0 Å². The first kappa shape index (κ1) is 11.0. The van der Waals surface area contributed by atoms with Crippen molar-refractivity contribution in [2.45, 2.75) is 11.6 Å². The molecule has 2 heterocycles. The average Bonchev–Trinajstić information content (AvgIpc) is 2.67. The number of H-pyrrole nitrogens is 1.